The Morgan fingerprint density at radius 2 is 0.776 bits per heavy atom. The van der Waals surface area contributed by atoms with Crippen LogP contribution in [0.15, 0.2) is 115 Å². The van der Waals surface area contributed by atoms with Crippen molar-refractivity contribution in [3.05, 3.63) is 149 Å². The number of carbonyl (C=O) groups is 1. The third-order valence-corrected chi connectivity index (χ3v) is 13.8. The van der Waals surface area contributed by atoms with E-state index in [4.69, 9.17) is 0 Å². The first-order valence-electron chi connectivity index (χ1n) is 18.4. The Kier molecular flexibility index (Phi) is 10.7. The highest BCUT2D eigenvalue weighted by Gasteiger charge is 2.42. The maximum atomic E-state index is 13.9. The zero-order valence-electron chi connectivity index (χ0n) is 30.7. The summed E-state index contributed by atoms with van der Waals surface area (Å²) in [4.78, 5) is 13.9. The average molecular weight is 665 g/mol. The molecule has 2 unspecified atom stereocenters. The highest BCUT2D eigenvalue weighted by atomic mass is 31.1. The van der Waals surface area contributed by atoms with Crippen LogP contribution in [0.25, 0.3) is 22.3 Å². The first kappa shape index (κ1) is 35.0. The van der Waals surface area contributed by atoms with Crippen molar-refractivity contribution in [3.8, 4) is 22.3 Å². The summed E-state index contributed by atoms with van der Waals surface area (Å²) in [6, 6.07) is 43.0. The number of Topliss-reactive ketones (excluding diaryl/α,β-unsaturated/α-hetero) is 1. The van der Waals surface area contributed by atoms with E-state index in [1.807, 2.05) is 0 Å². The van der Waals surface area contributed by atoms with Gasteiger partial charge >= 0.3 is 0 Å². The van der Waals surface area contributed by atoms with Crippen molar-refractivity contribution < 1.29 is 4.79 Å². The van der Waals surface area contributed by atoms with Gasteiger partial charge in [-0.05, 0) is 84.6 Å². The molecule has 252 valence electrons. The number of hydrogen-bond acceptors (Lipinski definition) is 1. The molecule has 1 aliphatic rings. The normalized spacial score (nSPS) is 18.2. The zero-order valence-corrected chi connectivity index (χ0v) is 31.6. The molecule has 1 fully saturated rings. The van der Waals surface area contributed by atoms with Gasteiger partial charge in [-0.3, -0.25) is 4.79 Å². The van der Waals surface area contributed by atoms with Crippen LogP contribution in [0.2, 0.25) is 0 Å². The molecule has 1 nitrogen and oxygen atoms in total. The summed E-state index contributed by atoms with van der Waals surface area (Å²) < 4.78 is 0. The van der Waals surface area contributed by atoms with Gasteiger partial charge in [0.15, 0.2) is 0 Å². The van der Waals surface area contributed by atoms with E-state index >= 15 is 0 Å². The van der Waals surface area contributed by atoms with Crippen molar-refractivity contribution in [1.82, 2.24) is 0 Å². The Bertz CT molecular complexity index is 1710. The predicted octanol–water partition coefficient (Wildman–Crippen LogP) is 13.5. The molecular formula is C47H53OP. The topological polar surface area (TPSA) is 17.1 Å². The molecule has 5 aromatic rings. The van der Waals surface area contributed by atoms with E-state index in [1.54, 1.807) is 0 Å². The number of rotatable bonds is 9. The van der Waals surface area contributed by atoms with E-state index in [2.05, 4.69) is 171 Å². The van der Waals surface area contributed by atoms with Crippen LogP contribution in [-0.4, -0.2) is 5.78 Å². The molecule has 6 rings (SSSR count). The third-order valence-electron chi connectivity index (χ3n) is 10.5. The molecule has 49 heavy (non-hydrogen) atoms. The van der Waals surface area contributed by atoms with Gasteiger partial charge in [-0.15, -0.1) is 0 Å². The molecular weight excluding hydrogens is 611 g/mol. The van der Waals surface area contributed by atoms with Gasteiger partial charge in [-0.1, -0.05) is 179 Å². The van der Waals surface area contributed by atoms with E-state index in [0.29, 0.717) is 42.3 Å². The molecule has 1 saturated heterocycles. The number of hydrogen-bond donors (Lipinski definition) is 0. The van der Waals surface area contributed by atoms with Gasteiger partial charge in [0.05, 0.1) is 0 Å². The van der Waals surface area contributed by atoms with Crippen molar-refractivity contribution in [2.45, 2.75) is 103 Å². The molecule has 0 aliphatic carbocycles. The Balaban J connectivity index is 1.81. The Morgan fingerprint density at radius 1 is 0.449 bits per heavy atom. The highest BCUT2D eigenvalue weighted by molar-refractivity contribution is 7.67. The minimum Gasteiger partial charge on any atom is -0.300 e. The lowest BCUT2D eigenvalue weighted by Crippen LogP contribution is -2.26. The zero-order chi connectivity index (χ0) is 34.8. The predicted molar refractivity (Wildman–Crippen MR) is 213 cm³/mol. The summed E-state index contributed by atoms with van der Waals surface area (Å²) >= 11 is 0. The molecule has 5 aromatic carbocycles. The van der Waals surface area contributed by atoms with Crippen LogP contribution in [0, 0.1) is 0 Å². The second-order valence-corrected chi connectivity index (χ2v) is 17.7. The van der Waals surface area contributed by atoms with Gasteiger partial charge in [-0.2, -0.15) is 0 Å². The van der Waals surface area contributed by atoms with Crippen LogP contribution in [0.5, 0.6) is 0 Å². The first-order valence-corrected chi connectivity index (χ1v) is 19.9. The number of benzene rings is 5. The summed E-state index contributed by atoms with van der Waals surface area (Å²) in [6.45, 7) is 18.7. The van der Waals surface area contributed by atoms with Gasteiger partial charge in [0.1, 0.15) is 5.78 Å². The van der Waals surface area contributed by atoms with E-state index in [0.717, 1.165) is 0 Å². The largest absolute Gasteiger partial charge is 0.300 e. The van der Waals surface area contributed by atoms with Crippen LogP contribution in [0.1, 0.15) is 137 Å². The van der Waals surface area contributed by atoms with Crippen molar-refractivity contribution >= 4 is 19.0 Å². The van der Waals surface area contributed by atoms with Gasteiger partial charge in [-0.25, -0.2) is 0 Å². The second-order valence-electron chi connectivity index (χ2n) is 15.2. The minimum absolute atomic E-state index is 0.116. The Labute approximate surface area is 297 Å². The average Bonchev–Trinajstić information content (AvgIpc) is 3.11. The lowest BCUT2D eigenvalue weighted by molar-refractivity contribution is -0.119. The summed E-state index contributed by atoms with van der Waals surface area (Å²) in [5.74, 6) is 1.85. The summed E-state index contributed by atoms with van der Waals surface area (Å²) in [6.07, 6.45) is 1.16. The van der Waals surface area contributed by atoms with Crippen molar-refractivity contribution in [1.29, 1.82) is 0 Å². The summed E-state index contributed by atoms with van der Waals surface area (Å²) in [5, 5.41) is 1.47. The maximum Gasteiger partial charge on any atom is 0.134 e. The van der Waals surface area contributed by atoms with Crippen molar-refractivity contribution in [2.75, 3.05) is 0 Å². The molecule has 1 heterocycles. The van der Waals surface area contributed by atoms with E-state index in [9.17, 15) is 4.79 Å². The molecule has 0 spiro atoms. The second kappa shape index (κ2) is 15.0. The van der Waals surface area contributed by atoms with Crippen LogP contribution >= 0.6 is 7.92 Å². The number of carbonyl (C=O) groups excluding carboxylic acids is 1. The maximum absolute atomic E-state index is 13.9. The Morgan fingerprint density at radius 3 is 1.10 bits per heavy atom. The fourth-order valence-corrected chi connectivity index (χ4v) is 11.9. The molecule has 0 bridgehead atoms. The quantitative estimate of drug-likeness (QED) is 0.143. The van der Waals surface area contributed by atoms with Gasteiger partial charge in [0, 0.05) is 24.2 Å². The smallest absolute Gasteiger partial charge is 0.134 e. The summed E-state index contributed by atoms with van der Waals surface area (Å²) in [7, 11) is -0.909. The first-order chi connectivity index (χ1) is 23.6. The van der Waals surface area contributed by atoms with E-state index in [-0.39, 0.29) is 11.3 Å². The van der Waals surface area contributed by atoms with Crippen molar-refractivity contribution in [3.63, 3.8) is 0 Å². The van der Waals surface area contributed by atoms with Gasteiger partial charge in [0.25, 0.3) is 0 Å². The lowest BCUT2D eigenvalue weighted by Gasteiger charge is -2.42. The Hall–Kier alpha value is -3.80. The van der Waals surface area contributed by atoms with Crippen LogP contribution in [0.4, 0.5) is 0 Å². The fraction of sp³-hybridized carbons (Fsp3) is 0.340. The molecule has 2 heteroatoms. The van der Waals surface area contributed by atoms with Crippen LogP contribution in [0.3, 0.4) is 0 Å². The van der Waals surface area contributed by atoms with E-state index < -0.39 is 7.92 Å². The highest BCUT2D eigenvalue weighted by Crippen LogP contribution is 2.68. The van der Waals surface area contributed by atoms with Crippen LogP contribution in [-0.2, 0) is 4.79 Å². The van der Waals surface area contributed by atoms with Gasteiger partial charge in [0.2, 0.25) is 0 Å². The molecule has 0 aromatic heterocycles. The number of ketones is 1. The fourth-order valence-electron chi connectivity index (χ4n) is 8.10. The third kappa shape index (κ3) is 6.98. The SMILES string of the molecule is CC(C)c1cccc(C(C)C)c1-c1cccc(-c2c(C(C)C)cccc2C(C)C)c1P1C(c2ccccc2)CC(=O)CC1c1ccccc1. The van der Waals surface area contributed by atoms with Crippen molar-refractivity contribution in [2.24, 2.45) is 0 Å². The molecule has 0 radical (unpaired) electrons. The monoisotopic (exact) mass is 664 g/mol. The summed E-state index contributed by atoms with van der Waals surface area (Å²) in [5.41, 5.74) is 13.9. The van der Waals surface area contributed by atoms with Gasteiger partial charge < -0.3 is 0 Å². The van der Waals surface area contributed by atoms with Crippen LogP contribution < -0.4 is 5.30 Å². The molecule has 2 atom stereocenters. The lowest BCUT2D eigenvalue weighted by atomic mass is 9.82. The minimum atomic E-state index is -0.909. The molecule has 0 saturated carbocycles. The molecule has 0 amide bonds. The standard InChI is InChI=1S/C47H53OP/c1-30(2)37-22-15-23-38(31(3)4)45(37)41-26-17-27-42(46-39(32(5)6)24-16-25-40(46)33(7)8)47(41)49-43(34-18-11-9-12-19-34)28-36(48)29-44(49)35-20-13-10-14-21-35/h9-27,30-33,43-44H,28-29H2,1-8H3. The molecule has 1 aliphatic heterocycles. The molecule has 0 N–H and O–H groups in total. The van der Waals surface area contributed by atoms with E-state index in [1.165, 1.54) is 60.9 Å².